The maximum atomic E-state index is 13.3. The Balaban J connectivity index is 1.59. The summed E-state index contributed by atoms with van der Waals surface area (Å²) in [5, 5.41) is 2.79. The Labute approximate surface area is 198 Å². The van der Waals surface area contributed by atoms with Gasteiger partial charge in [0.25, 0.3) is 5.56 Å². The molecule has 4 aromatic rings. The highest BCUT2D eigenvalue weighted by molar-refractivity contribution is 7.17. The fraction of sp³-hybridized carbons (Fsp3) is 0.261. The first kappa shape index (κ1) is 22.8. The zero-order chi connectivity index (χ0) is 23.4. The third kappa shape index (κ3) is 5.01. The van der Waals surface area contributed by atoms with Gasteiger partial charge in [-0.05, 0) is 30.9 Å². The van der Waals surface area contributed by atoms with Crippen molar-refractivity contribution in [1.82, 2.24) is 14.5 Å². The molecule has 0 unspecified atom stereocenters. The van der Waals surface area contributed by atoms with Gasteiger partial charge in [0.1, 0.15) is 9.71 Å². The highest BCUT2D eigenvalue weighted by Crippen LogP contribution is 2.29. The molecule has 10 heteroatoms. The van der Waals surface area contributed by atoms with Crippen molar-refractivity contribution in [2.45, 2.75) is 33.4 Å². The van der Waals surface area contributed by atoms with Crippen molar-refractivity contribution in [3.05, 3.63) is 74.6 Å². The van der Waals surface area contributed by atoms with E-state index in [2.05, 4.69) is 9.97 Å². The number of esters is 1. The van der Waals surface area contributed by atoms with Crippen LogP contribution in [-0.4, -0.2) is 33.0 Å². The fourth-order valence-corrected chi connectivity index (χ4v) is 5.02. The van der Waals surface area contributed by atoms with Gasteiger partial charge < -0.3 is 4.74 Å². The van der Waals surface area contributed by atoms with Gasteiger partial charge in [0, 0.05) is 13.0 Å². The molecule has 33 heavy (non-hydrogen) atoms. The molecule has 0 fully saturated rings. The van der Waals surface area contributed by atoms with Crippen LogP contribution in [0.3, 0.4) is 0 Å². The molecule has 8 nitrogen and oxygen atoms in total. The number of fused-ring (bicyclic) bond motifs is 1. The Morgan fingerprint density at radius 1 is 1.18 bits per heavy atom. The zero-order valence-corrected chi connectivity index (χ0v) is 19.8. The van der Waals surface area contributed by atoms with E-state index in [-0.39, 0.29) is 31.0 Å². The number of carbonyl (C=O) groups excluding carboxylic acids is 2. The second kappa shape index (κ2) is 10.1. The number of aromatic nitrogens is 3. The van der Waals surface area contributed by atoms with Crippen LogP contribution < -0.4 is 10.5 Å². The van der Waals surface area contributed by atoms with Crippen LogP contribution >= 0.6 is 22.7 Å². The predicted molar refractivity (Wildman–Crippen MR) is 129 cm³/mol. The number of hydrogen-bond acceptors (Lipinski definition) is 8. The van der Waals surface area contributed by atoms with Gasteiger partial charge in [0.15, 0.2) is 5.13 Å². The van der Waals surface area contributed by atoms with Crippen molar-refractivity contribution in [3.8, 4) is 0 Å². The Bertz CT molecular complexity index is 1340. The molecule has 0 bridgehead atoms. The van der Waals surface area contributed by atoms with Gasteiger partial charge in [-0.25, -0.2) is 14.8 Å². The number of hydrogen-bond donors (Lipinski definition) is 0. The molecule has 0 radical (unpaired) electrons. The molecule has 1 aromatic carbocycles. The van der Waals surface area contributed by atoms with E-state index in [1.807, 2.05) is 35.7 Å². The number of amides is 1. The molecule has 0 atom stereocenters. The minimum absolute atomic E-state index is 0.0808. The maximum absolute atomic E-state index is 13.3. The van der Waals surface area contributed by atoms with Gasteiger partial charge in [-0.2, -0.15) is 0 Å². The summed E-state index contributed by atoms with van der Waals surface area (Å²) in [4.78, 5) is 49.6. The average molecular weight is 483 g/mol. The molecule has 1 amide bonds. The van der Waals surface area contributed by atoms with Crippen LogP contribution in [0.25, 0.3) is 10.2 Å². The highest BCUT2D eigenvalue weighted by atomic mass is 32.1. The summed E-state index contributed by atoms with van der Waals surface area (Å²) in [6.07, 6.45) is 1.56. The Hall–Kier alpha value is -3.37. The molecule has 4 rings (SSSR count). The number of carbonyl (C=O) groups is 2. The first-order chi connectivity index (χ1) is 16.0. The Kier molecular flexibility index (Phi) is 6.95. The molecule has 0 N–H and O–H groups in total. The van der Waals surface area contributed by atoms with E-state index in [4.69, 9.17) is 4.74 Å². The topological polar surface area (TPSA) is 94.4 Å². The van der Waals surface area contributed by atoms with Gasteiger partial charge in [-0.15, -0.1) is 11.3 Å². The molecule has 170 valence electrons. The molecular weight excluding hydrogens is 460 g/mol. The second-order valence-electron chi connectivity index (χ2n) is 7.23. The van der Waals surface area contributed by atoms with Crippen LogP contribution in [0, 0.1) is 6.92 Å². The summed E-state index contributed by atoms with van der Waals surface area (Å²) in [6, 6.07) is 11.3. The minimum Gasteiger partial charge on any atom is -0.462 e. The summed E-state index contributed by atoms with van der Waals surface area (Å²) < 4.78 is 6.56. The van der Waals surface area contributed by atoms with Crippen LogP contribution in [0.5, 0.6) is 0 Å². The van der Waals surface area contributed by atoms with Gasteiger partial charge in [-0.1, -0.05) is 41.7 Å². The lowest BCUT2D eigenvalue weighted by Gasteiger charge is -2.20. The third-order valence-electron chi connectivity index (χ3n) is 4.98. The lowest BCUT2D eigenvalue weighted by atomic mass is 10.2. The molecule has 0 spiro atoms. The number of ether oxygens (including phenoxy) is 1. The van der Waals surface area contributed by atoms with Crippen LogP contribution in [0.2, 0.25) is 0 Å². The van der Waals surface area contributed by atoms with E-state index in [0.717, 1.165) is 16.9 Å². The van der Waals surface area contributed by atoms with E-state index in [1.165, 1.54) is 22.2 Å². The lowest BCUT2D eigenvalue weighted by Crippen LogP contribution is -2.32. The van der Waals surface area contributed by atoms with Crippen LogP contribution in [-0.2, 0) is 22.6 Å². The molecule has 3 aromatic heterocycles. The number of anilines is 1. The molecule has 0 saturated heterocycles. The monoisotopic (exact) mass is 482 g/mol. The van der Waals surface area contributed by atoms with Gasteiger partial charge in [0.05, 0.1) is 30.6 Å². The SMILES string of the molecule is CCOC(=O)c1sc(N(Cc2ccccc2)C(=O)CCn2cnc3sccc3c2=O)nc1C. The van der Waals surface area contributed by atoms with E-state index >= 15 is 0 Å². The number of thiazole rings is 1. The van der Waals surface area contributed by atoms with Gasteiger partial charge in [-0.3, -0.25) is 19.1 Å². The number of rotatable bonds is 8. The molecule has 0 aliphatic rings. The van der Waals surface area contributed by atoms with Crippen molar-refractivity contribution < 1.29 is 14.3 Å². The summed E-state index contributed by atoms with van der Waals surface area (Å²) in [6.45, 7) is 4.21. The smallest absolute Gasteiger partial charge is 0.350 e. The van der Waals surface area contributed by atoms with E-state index in [0.29, 0.717) is 32.5 Å². The summed E-state index contributed by atoms with van der Waals surface area (Å²) in [5.41, 5.74) is 1.27. The predicted octanol–water partition coefficient (Wildman–Crippen LogP) is 4.02. The summed E-state index contributed by atoms with van der Waals surface area (Å²) in [7, 11) is 0. The number of nitrogens with zero attached hydrogens (tertiary/aromatic N) is 4. The summed E-state index contributed by atoms with van der Waals surface area (Å²) >= 11 is 2.53. The van der Waals surface area contributed by atoms with Gasteiger partial charge in [0.2, 0.25) is 5.91 Å². The third-order valence-corrected chi connectivity index (χ3v) is 6.96. The van der Waals surface area contributed by atoms with E-state index in [1.54, 1.807) is 24.8 Å². The molecule has 0 saturated carbocycles. The van der Waals surface area contributed by atoms with Gasteiger partial charge >= 0.3 is 5.97 Å². The minimum atomic E-state index is -0.451. The Morgan fingerprint density at radius 3 is 2.73 bits per heavy atom. The molecule has 0 aliphatic carbocycles. The average Bonchev–Trinajstić information content (AvgIpc) is 3.45. The normalized spacial score (nSPS) is 11.0. The largest absolute Gasteiger partial charge is 0.462 e. The van der Waals surface area contributed by atoms with E-state index < -0.39 is 5.97 Å². The van der Waals surface area contributed by atoms with Crippen molar-refractivity contribution in [2.75, 3.05) is 11.5 Å². The van der Waals surface area contributed by atoms with Crippen LogP contribution in [0.4, 0.5) is 5.13 Å². The first-order valence-electron chi connectivity index (χ1n) is 10.4. The number of thiophene rings is 1. The standard InChI is InChI=1S/C23H22N4O4S2/c1-3-31-22(30)19-15(2)25-23(33-19)27(13-16-7-5-4-6-8-16)18(28)9-11-26-14-24-20-17(21(26)29)10-12-32-20/h4-8,10,12,14H,3,9,11,13H2,1-2H3. The zero-order valence-electron chi connectivity index (χ0n) is 18.2. The second-order valence-corrected chi connectivity index (χ2v) is 9.10. The van der Waals surface area contributed by atoms with Crippen molar-refractivity contribution in [1.29, 1.82) is 0 Å². The molecular formula is C23H22N4O4S2. The van der Waals surface area contributed by atoms with Crippen molar-refractivity contribution in [3.63, 3.8) is 0 Å². The van der Waals surface area contributed by atoms with Crippen LogP contribution in [0.15, 0.2) is 52.9 Å². The quantitative estimate of drug-likeness (QED) is 0.352. The first-order valence-corrected chi connectivity index (χ1v) is 12.1. The highest BCUT2D eigenvalue weighted by Gasteiger charge is 2.24. The van der Waals surface area contributed by atoms with Crippen molar-refractivity contribution in [2.24, 2.45) is 0 Å². The Morgan fingerprint density at radius 2 is 1.97 bits per heavy atom. The summed E-state index contributed by atoms with van der Waals surface area (Å²) in [5.74, 6) is -0.659. The van der Waals surface area contributed by atoms with Crippen LogP contribution in [0.1, 0.15) is 34.3 Å². The number of aryl methyl sites for hydroxylation is 2. The lowest BCUT2D eigenvalue weighted by molar-refractivity contribution is -0.119. The van der Waals surface area contributed by atoms with Crippen molar-refractivity contribution >= 4 is 49.9 Å². The molecule has 3 heterocycles. The van der Waals surface area contributed by atoms with E-state index in [9.17, 15) is 14.4 Å². The fourth-order valence-electron chi connectivity index (χ4n) is 3.32. The number of benzene rings is 1. The maximum Gasteiger partial charge on any atom is 0.350 e. The molecule has 0 aliphatic heterocycles.